The molecule has 0 bridgehead atoms. The molecule has 34 heavy (non-hydrogen) atoms. The fourth-order valence-electron chi connectivity index (χ4n) is 2.84. The van der Waals surface area contributed by atoms with Crippen LogP contribution in [0.2, 0.25) is 0 Å². The number of carbonyl (C=O) groups excluding carboxylic acids is 1. The van der Waals surface area contributed by atoms with Crippen LogP contribution in [-0.4, -0.2) is 20.5 Å². The summed E-state index contributed by atoms with van der Waals surface area (Å²) in [6.07, 6.45) is 0.225. The van der Waals surface area contributed by atoms with Gasteiger partial charge in [-0.2, -0.15) is 26.3 Å². The highest BCUT2D eigenvalue weighted by Gasteiger charge is 2.37. The van der Waals surface area contributed by atoms with E-state index in [9.17, 15) is 31.1 Å². The Balaban J connectivity index is 2.61. The Kier molecular flexibility index (Phi) is 8.41. The van der Waals surface area contributed by atoms with Crippen LogP contribution in [0, 0.1) is 0 Å². The van der Waals surface area contributed by atoms with Crippen molar-refractivity contribution in [3.05, 3.63) is 76.7 Å². The van der Waals surface area contributed by atoms with Gasteiger partial charge in [-0.15, -0.1) is 5.10 Å². The predicted molar refractivity (Wildman–Crippen MR) is 117 cm³/mol. The van der Waals surface area contributed by atoms with Crippen molar-refractivity contribution < 1.29 is 31.1 Å². The molecule has 1 aromatic carbocycles. The second-order valence-corrected chi connectivity index (χ2v) is 7.43. The first-order valence-electron chi connectivity index (χ1n) is 10.2. The van der Waals surface area contributed by atoms with E-state index >= 15 is 0 Å². The summed E-state index contributed by atoms with van der Waals surface area (Å²) in [7, 11) is 0. The maximum Gasteiger partial charge on any atom is 0.416 e. The molecule has 0 atom stereocenters. The number of aromatic nitrogens is 3. The largest absolute Gasteiger partial charge is 0.416 e. The summed E-state index contributed by atoms with van der Waals surface area (Å²) in [6, 6.07) is 1.14. The molecule has 0 saturated carbocycles. The zero-order chi connectivity index (χ0) is 25.7. The van der Waals surface area contributed by atoms with Gasteiger partial charge >= 0.3 is 12.4 Å². The molecule has 0 unspecified atom stereocenters. The van der Waals surface area contributed by atoms with E-state index in [0.717, 1.165) is 23.0 Å². The van der Waals surface area contributed by atoms with Crippen molar-refractivity contribution in [2.45, 2.75) is 46.5 Å². The number of hydrogen-bond acceptors (Lipinski definition) is 3. The third-order valence-electron chi connectivity index (χ3n) is 4.73. The van der Waals surface area contributed by atoms with Gasteiger partial charge in [-0.3, -0.25) is 4.79 Å². The van der Waals surface area contributed by atoms with E-state index in [1.165, 1.54) is 13.1 Å². The molecule has 0 fully saturated rings. The molecular weight excluding hydrogens is 460 g/mol. The van der Waals surface area contributed by atoms with Gasteiger partial charge in [-0.1, -0.05) is 36.8 Å². The predicted octanol–water partition coefficient (Wildman–Crippen LogP) is 7.27. The number of Topliss-reactive ketones (excluding diaryl/α,β-unsaturated/α-hetero) is 1. The van der Waals surface area contributed by atoms with E-state index < -0.39 is 29.0 Å². The summed E-state index contributed by atoms with van der Waals surface area (Å²) >= 11 is 0. The topological polar surface area (TPSA) is 47.8 Å². The maximum atomic E-state index is 13.2. The molecule has 0 aliphatic rings. The first-order chi connectivity index (χ1) is 15.8. The monoisotopic (exact) mass is 483 g/mol. The number of ketones is 1. The molecule has 0 radical (unpaired) electrons. The molecule has 0 N–H and O–H groups in total. The summed E-state index contributed by atoms with van der Waals surface area (Å²) in [4.78, 5) is 16.2. The van der Waals surface area contributed by atoms with Gasteiger partial charge in [0.1, 0.15) is 6.33 Å². The van der Waals surface area contributed by atoms with Gasteiger partial charge in [-0.05, 0) is 51.0 Å². The van der Waals surface area contributed by atoms with Crippen molar-refractivity contribution in [3.8, 4) is 11.4 Å². The lowest BCUT2D eigenvalue weighted by atomic mass is 10.00. The van der Waals surface area contributed by atoms with Crippen LogP contribution in [0.4, 0.5) is 26.3 Å². The van der Waals surface area contributed by atoms with Gasteiger partial charge < -0.3 is 0 Å². The van der Waals surface area contributed by atoms with Crippen molar-refractivity contribution in [1.82, 2.24) is 14.8 Å². The first-order valence-corrected chi connectivity index (χ1v) is 10.2. The smallest absolute Gasteiger partial charge is 0.294 e. The number of alkyl halides is 6. The fraction of sp³-hybridized carbons (Fsp3) is 0.292. The second-order valence-electron chi connectivity index (χ2n) is 7.43. The lowest BCUT2D eigenvalue weighted by Crippen LogP contribution is -2.11. The number of halogens is 6. The van der Waals surface area contributed by atoms with Crippen LogP contribution in [0.5, 0.6) is 0 Å². The molecule has 1 heterocycles. The van der Waals surface area contributed by atoms with Gasteiger partial charge in [0, 0.05) is 17.3 Å². The Morgan fingerprint density at radius 3 is 2.09 bits per heavy atom. The Morgan fingerprint density at radius 1 is 1.03 bits per heavy atom. The minimum absolute atomic E-state index is 0.0367. The molecule has 10 heteroatoms. The van der Waals surface area contributed by atoms with Crippen LogP contribution in [0.25, 0.3) is 17.6 Å². The van der Waals surface area contributed by atoms with Crippen molar-refractivity contribution in [2.75, 3.05) is 0 Å². The highest BCUT2D eigenvalue weighted by Crippen LogP contribution is 2.38. The standard InChI is InChI=1S/C24H23F6N3O/c1-5-7-8-17(9-15(3)6-2)21(16(4)34)13-33-14-31-22(32-33)18-10-19(23(25,26)27)12-20(11-18)24(28,29)30/h5,7-14H,6H2,1-4H3/b7-5-,15-9?,17-8+,21-13-. The van der Waals surface area contributed by atoms with E-state index in [2.05, 4.69) is 10.1 Å². The van der Waals surface area contributed by atoms with E-state index in [0.29, 0.717) is 17.7 Å². The SMILES string of the molecule is C\C=C/C=C(C=C(C)CC)/C(=C\n1cnc(-c2cc(C(F)(F)F)cc(C(F)(F)F)c2)n1)C(C)=O. The molecule has 0 spiro atoms. The molecule has 1 aromatic heterocycles. The van der Waals surface area contributed by atoms with Gasteiger partial charge in [0.05, 0.1) is 11.1 Å². The summed E-state index contributed by atoms with van der Waals surface area (Å²) < 4.78 is 80.1. The number of rotatable bonds is 7. The van der Waals surface area contributed by atoms with Crippen LogP contribution >= 0.6 is 0 Å². The molecule has 182 valence electrons. The molecule has 0 aliphatic carbocycles. The van der Waals surface area contributed by atoms with Crippen molar-refractivity contribution in [3.63, 3.8) is 0 Å². The summed E-state index contributed by atoms with van der Waals surface area (Å²) in [6.45, 7) is 6.98. The number of allylic oxidation sites excluding steroid dienone is 7. The lowest BCUT2D eigenvalue weighted by molar-refractivity contribution is -0.143. The van der Waals surface area contributed by atoms with Gasteiger partial charge in [0.25, 0.3) is 0 Å². The normalized spacial score (nSPS) is 14.2. The Morgan fingerprint density at radius 2 is 1.62 bits per heavy atom. The molecular formula is C24H23F6N3O. The summed E-state index contributed by atoms with van der Waals surface area (Å²) in [5.74, 6) is -0.665. The third-order valence-corrected chi connectivity index (χ3v) is 4.73. The minimum atomic E-state index is -4.99. The quantitative estimate of drug-likeness (QED) is 0.236. The Labute approximate surface area is 193 Å². The first kappa shape index (κ1) is 26.8. The van der Waals surface area contributed by atoms with E-state index in [1.54, 1.807) is 25.2 Å². The van der Waals surface area contributed by atoms with Crippen LogP contribution < -0.4 is 0 Å². The van der Waals surface area contributed by atoms with Crippen molar-refractivity contribution in [2.24, 2.45) is 0 Å². The Hall–Kier alpha value is -3.43. The Bertz CT molecular complexity index is 1130. The number of benzene rings is 1. The highest BCUT2D eigenvalue weighted by atomic mass is 19.4. The van der Waals surface area contributed by atoms with E-state index in [-0.39, 0.29) is 23.2 Å². The van der Waals surface area contributed by atoms with Crippen LogP contribution in [0.1, 0.15) is 45.2 Å². The molecule has 0 amide bonds. The van der Waals surface area contributed by atoms with E-state index in [4.69, 9.17) is 0 Å². The number of hydrogen-bond donors (Lipinski definition) is 0. The fourth-order valence-corrected chi connectivity index (χ4v) is 2.84. The average molecular weight is 483 g/mol. The van der Waals surface area contributed by atoms with Crippen molar-refractivity contribution >= 4 is 12.0 Å². The molecule has 4 nitrogen and oxygen atoms in total. The third kappa shape index (κ3) is 7.03. The van der Waals surface area contributed by atoms with Crippen LogP contribution in [-0.2, 0) is 17.1 Å². The maximum absolute atomic E-state index is 13.2. The molecule has 0 saturated heterocycles. The average Bonchev–Trinajstić information content (AvgIpc) is 3.22. The van der Waals surface area contributed by atoms with Gasteiger partial charge in [0.2, 0.25) is 0 Å². The summed E-state index contributed by atoms with van der Waals surface area (Å²) in [5, 5.41) is 3.99. The lowest BCUT2D eigenvalue weighted by Gasteiger charge is -2.13. The minimum Gasteiger partial charge on any atom is -0.294 e. The number of carbonyl (C=O) groups is 1. The zero-order valence-electron chi connectivity index (χ0n) is 18.9. The number of nitrogens with zero attached hydrogens (tertiary/aromatic N) is 3. The van der Waals surface area contributed by atoms with Gasteiger partial charge in [-0.25, -0.2) is 9.67 Å². The van der Waals surface area contributed by atoms with Crippen LogP contribution in [0.15, 0.2) is 65.5 Å². The second kappa shape index (κ2) is 10.7. The van der Waals surface area contributed by atoms with Crippen LogP contribution in [0.3, 0.4) is 0 Å². The highest BCUT2D eigenvalue weighted by molar-refractivity contribution is 6.01. The zero-order valence-corrected chi connectivity index (χ0v) is 18.9. The van der Waals surface area contributed by atoms with Crippen molar-refractivity contribution in [1.29, 1.82) is 0 Å². The molecule has 2 aromatic rings. The molecule has 2 rings (SSSR count). The van der Waals surface area contributed by atoms with Gasteiger partial charge in [0.15, 0.2) is 11.6 Å². The van der Waals surface area contributed by atoms with E-state index in [1.807, 2.05) is 19.9 Å². The summed E-state index contributed by atoms with van der Waals surface area (Å²) in [5.41, 5.74) is -1.59. The molecule has 0 aliphatic heterocycles.